The van der Waals surface area contributed by atoms with Crippen molar-refractivity contribution in [2.75, 3.05) is 39.5 Å². The number of rotatable bonds is 6. The van der Waals surface area contributed by atoms with E-state index < -0.39 is 0 Å². The van der Waals surface area contributed by atoms with E-state index in [-0.39, 0.29) is 0 Å². The topological polar surface area (TPSA) is 65.6 Å². The summed E-state index contributed by atoms with van der Waals surface area (Å²) in [5.41, 5.74) is 5.77. The summed E-state index contributed by atoms with van der Waals surface area (Å²) < 4.78 is 11.5. The lowest BCUT2D eigenvalue weighted by Crippen LogP contribution is -2.37. The Balaban J connectivity index is 1.61. The minimum atomic E-state index is 0.612. The van der Waals surface area contributed by atoms with E-state index in [1.165, 1.54) is 16.4 Å². The van der Waals surface area contributed by atoms with E-state index in [4.69, 9.17) is 14.5 Å². The summed E-state index contributed by atoms with van der Waals surface area (Å²) >= 11 is 0. The number of aromatic amines is 2. The van der Waals surface area contributed by atoms with Crippen LogP contribution in [0.25, 0.3) is 17.3 Å². The van der Waals surface area contributed by atoms with Gasteiger partial charge in [-0.25, -0.2) is 4.99 Å². The molecule has 0 atom stereocenters. The quantitative estimate of drug-likeness (QED) is 0.606. The molecule has 6 nitrogen and oxygen atoms in total. The molecule has 5 rings (SSSR count). The molecule has 172 valence electrons. The monoisotopic (exact) mass is 444 g/mol. The number of ether oxygens (including phenoxy) is 2. The number of morpholine rings is 1. The summed E-state index contributed by atoms with van der Waals surface area (Å²) in [5, 5.41) is 4.23. The molecular weight excluding hydrogens is 412 g/mol. The van der Waals surface area contributed by atoms with Crippen LogP contribution >= 0.6 is 0 Å². The minimum absolute atomic E-state index is 0.612. The van der Waals surface area contributed by atoms with E-state index in [2.05, 4.69) is 71.2 Å². The Kier molecular flexibility index (Phi) is 6.20. The van der Waals surface area contributed by atoms with Gasteiger partial charge < -0.3 is 19.4 Å². The van der Waals surface area contributed by atoms with Crippen molar-refractivity contribution in [3.8, 4) is 5.75 Å². The third kappa shape index (κ3) is 4.54. The van der Waals surface area contributed by atoms with Crippen molar-refractivity contribution < 1.29 is 9.47 Å². The van der Waals surface area contributed by atoms with Crippen LogP contribution in [0.15, 0.2) is 41.4 Å². The zero-order valence-corrected chi connectivity index (χ0v) is 19.7. The van der Waals surface area contributed by atoms with Crippen LogP contribution in [0.5, 0.6) is 5.75 Å². The first kappa shape index (κ1) is 21.7. The molecule has 0 radical (unpaired) electrons. The summed E-state index contributed by atoms with van der Waals surface area (Å²) in [4.78, 5) is 14.6. The Bertz CT molecular complexity index is 1390. The van der Waals surface area contributed by atoms with Crippen LogP contribution in [0.1, 0.15) is 30.3 Å². The van der Waals surface area contributed by atoms with Gasteiger partial charge in [-0.1, -0.05) is 18.2 Å². The standard InChI is InChI=1S/C27H32N4O2/c1-4-33-26-17-25(29-24(26)16-23-18(2)15-19(3)28-23)27-21(9-10-31-11-13-32-14-12-31)20-7-5-6-8-22(20)30-27/h5-8,15-17,28-29H,4,9-14H2,1-3H3/b24-16-,27-25-. The Morgan fingerprint density at radius 2 is 1.94 bits per heavy atom. The van der Waals surface area contributed by atoms with Crippen LogP contribution in [-0.2, 0) is 4.74 Å². The number of benzene rings is 1. The van der Waals surface area contributed by atoms with Gasteiger partial charge in [0.25, 0.3) is 0 Å². The largest absolute Gasteiger partial charge is 0.492 e. The highest BCUT2D eigenvalue weighted by Gasteiger charge is 2.18. The number of nitrogens with one attached hydrogen (secondary N) is 2. The van der Waals surface area contributed by atoms with Crippen LogP contribution in [0.2, 0.25) is 0 Å². The number of aromatic nitrogens is 2. The van der Waals surface area contributed by atoms with Gasteiger partial charge in [0.15, 0.2) is 0 Å². The molecular formula is C27H32N4O2. The second kappa shape index (κ2) is 9.41. The molecule has 2 aliphatic heterocycles. The molecule has 0 bridgehead atoms. The van der Waals surface area contributed by atoms with Crippen molar-refractivity contribution >= 4 is 17.3 Å². The highest BCUT2D eigenvalue weighted by molar-refractivity contribution is 5.89. The number of H-pyrrole nitrogens is 2. The number of nitrogens with zero attached hydrogens (tertiary/aromatic N) is 2. The summed E-state index contributed by atoms with van der Waals surface area (Å²) in [7, 11) is 0. The van der Waals surface area contributed by atoms with Gasteiger partial charge in [0.05, 0.1) is 41.6 Å². The zero-order valence-electron chi connectivity index (χ0n) is 19.7. The molecule has 1 aromatic carbocycles. The first-order valence-electron chi connectivity index (χ1n) is 11.8. The Morgan fingerprint density at radius 3 is 2.70 bits per heavy atom. The fourth-order valence-corrected chi connectivity index (χ4v) is 4.72. The Labute approximate surface area is 194 Å². The highest BCUT2D eigenvalue weighted by Crippen LogP contribution is 2.19. The lowest BCUT2D eigenvalue weighted by atomic mass is 10.1. The van der Waals surface area contributed by atoms with Gasteiger partial charge in [-0.3, -0.25) is 4.90 Å². The van der Waals surface area contributed by atoms with E-state index in [0.717, 1.165) is 78.2 Å². The molecule has 1 saturated heterocycles. The average molecular weight is 445 g/mol. The van der Waals surface area contributed by atoms with Gasteiger partial charge in [0.2, 0.25) is 0 Å². The van der Waals surface area contributed by atoms with E-state index in [0.29, 0.717) is 6.61 Å². The van der Waals surface area contributed by atoms with E-state index in [9.17, 15) is 0 Å². The van der Waals surface area contributed by atoms with Crippen LogP contribution in [0.4, 0.5) is 0 Å². The molecule has 0 aliphatic carbocycles. The van der Waals surface area contributed by atoms with Gasteiger partial charge in [-0.2, -0.15) is 0 Å². The van der Waals surface area contributed by atoms with Crippen LogP contribution in [-0.4, -0.2) is 54.3 Å². The van der Waals surface area contributed by atoms with Crippen molar-refractivity contribution in [1.29, 1.82) is 0 Å². The van der Waals surface area contributed by atoms with Crippen LogP contribution < -0.4 is 26.0 Å². The number of fused-ring (bicyclic) bond motifs is 1. The summed E-state index contributed by atoms with van der Waals surface area (Å²) in [6.07, 6.45) is 3.08. The number of aryl methyl sites for hydroxylation is 2. The van der Waals surface area contributed by atoms with Crippen LogP contribution in [0, 0.1) is 13.8 Å². The second-order valence-electron chi connectivity index (χ2n) is 8.75. The second-order valence-corrected chi connectivity index (χ2v) is 8.75. The van der Waals surface area contributed by atoms with Crippen LogP contribution in [0.3, 0.4) is 0 Å². The zero-order chi connectivity index (χ0) is 22.8. The van der Waals surface area contributed by atoms with Gasteiger partial charge in [0, 0.05) is 42.3 Å². The van der Waals surface area contributed by atoms with Crippen molar-refractivity contribution in [2.45, 2.75) is 27.2 Å². The van der Waals surface area contributed by atoms with E-state index >= 15 is 0 Å². The molecule has 0 unspecified atom stereocenters. The predicted octanol–water partition coefficient (Wildman–Crippen LogP) is 1.50. The molecule has 2 N–H and O–H groups in total. The smallest absolute Gasteiger partial charge is 0.144 e. The van der Waals surface area contributed by atoms with Crippen molar-refractivity contribution in [3.63, 3.8) is 0 Å². The van der Waals surface area contributed by atoms with Gasteiger partial charge in [-0.05, 0) is 56.5 Å². The summed E-state index contributed by atoms with van der Waals surface area (Å²) in [6, 6.07) is 12.7. The molecule has 0 amide bonds. The molecule has 2 aromatic heterocycles. The maximum atomic E-state index is 6.00. The Hall–Kier alpha value is -3.09. The highest BCUT2D eigenvalue weighted by atomic mass is 16.5. The molecule has 6 heteroatoms. The fourth-order valence-electron chi connectivity index (χ4n) is 4.72. The first-order chi connectivity index (χ1) is 16.1. The molecule has 0 saturated carbocycles. The van der Waals surface area contributed by atoms with Gasteiger partial charge in [0.1, 0.15) is 5.75 Å². The molecule has 2 aliphatic rings. The lowest BCUT2D eigenvalue weighted by Gasteiger charge is -2.26. The van der Waals surface area contributed by atoms with Gasteiger partial charge >= 0.3 is 0 Å². The third-order valence-corrected chi connectivity index (χ3v) is 6.37. The first-order valence-corrected chi connectivity index (χ1v) is 11.8. The van der Waals surface area contributed by atoms with Crippen molar-refractivity contribution in [1.82, 2.24) is 14.9 Å². The average Bonchev–Trinajstić information content (AvgIpc) is 3.48. The maximum absolute atomic E-state index is 6.00. The van der Waals surface area contributed by atoms with E-state index in [1.54, 1.807) is 0 Å². The molecule has 0 spiro atoms. The molecule has 4 heterocycles. The number of hydrogen-bond acceptors (Lipinski definition) is 4. The SMILES string of the molecule is CCOc1c/c(=C2/N=c3ccccc3=C2CCN2CCOCC2)[nH]/c1=C\c1[nH]c(C)cc1C. The van der Waals surface area contributed by atoms with Crippen molar-refractivity contribution in [2.24, 2.45) is 4.99 Å². The summed E-state index contributed by atoms with van der Waals surface area (Å²) in [6.45, 7) is 11.5. The molecule has 3 aromatic rings. The predicted molar refractivity (Wildman–Crippen MR) is 131 cm³/mol. The summed E-state index contributed by atoms with van der Waals surface area (Å²) in [5.74, 6) is 0.852. The normalized spacial score (nSPS) is 18.5. The lowest BCUT2D eigenvalue weighted by molar-refractivity contribution is 0.0390. The minimum Gasteiger partial charge on any atom is -0.492 e. The van der Waals surface area contributed by atoms with Gasteiger partial charge in [-0.15, -0.1) is 0 Å². The molecule has 33 heavy (non-hydrogen) atoms. The third-order valence-electron chi connectivity index (χ3n) is 6.37. The molecule has 1 fully saturated rings. The Morgan fingerprint density at radius 1 is 1.12 bits per heavy atom. The number of para-hydroxylation sites is 1. The maximum Gasteiger partial charge on any atom is 0.144 e. The van der Waals surface area contributed by atoms with E-state index in [1.807, 2.05) is 6.92 Å². The number of hydrogen-bond donors (Lipinski definition) is 2. The van der Waals surface area contributed by atoms with Crippen molar-refractivity contribution in [3.05, 3.63) is 74.6 Å². The fraction of sp³-hybridized carbons (Fsp3) is 0.370.